The topological polar surface area (TPSA) is 75.1 Å². The largest absolute Gasteiger partial charge is 0.462 e. The van der Waals surface area contributed by atoms with Crippen molar-refractivity contribution in [3.8, 4) is 0 Å². The number of nitrogens with zero attached hydrogens (tertiary/aromatic N) is 4. The van der Waals surface area contributed by atoms with E-state index in [1.54, 1.807) is 34.6 Å². The van der Waals surface area contributed by atoms with Gasteiger partial charge in [0.2, 0.25) is 0 Å². The van der Waals surface area contributed by atoms with Crippen LogP contribution in [0.1, 0.15) is 33.2 Å². The first-order valence-electron chi connectivity index (χ1n) is 12.6. The predicted octanol–water partition coefficient (Wildman–Crippen LogP) is 4.32. The number of rotatable bonds is 7. The van der Waals surface area contributed by atoms with E-state index in [4.69, 9.17) is 27.9 Å². The van der Waals surface area contributed by atoms with Gasteiger partial charge in [0.15, 0.2) is 0 Å². The number of piperazine rings is 1. The Labute approximate surface area is 232 Å². The van der Waals surface area contributed by atoms with Crippen molar-refractivity contribution in [2.75, 3.05) is 58.3 Å². The van der Waals surface area contributed by atoms with Crippen LogP contribution in [0.3, 0.4) is 0 Å². The fraction of sp³-hybridized carbons (Fsp3) is 0.393. The van der Waals surface area contributed by atoms with E-state index in [0.717, 1.165) is 16.5 Å². The van der Waals surface area contributed by atoms with Gasteiger partial charge in [-0.05, 0) is 58.3 Å². The standard InChI is InChI=1S/C28H32Cl2N4O4/c1-5-38-28(37)24-25(20-16-18(2)6-9-23(20)34(27(24)36)15-10-31(3)4)32-11-13-33(14-12-32)26(35)19-7-8-21(29)22(30)17-19/h6-9,16-17H,5,10-15H2,1-4H3. The van der Waals surface area contributed by atoms with Crippen LogP contribution in [0.4, 0.5) is 5.69 Å². The van der Waals surface area contributed by atoms with Gasteiger partial charge in [-0.3, -0.25) is 9.59 Å². The maximum atomic E-state index is 13.8. The number of hydrogen-bond acceptors (Lipinski definition) is 6. The number of amides is 1. The molecule has 1 saturated heterocycles. The second-order valence-corrected chi connectivity index (χ2v) is 10.4. The van der Waals surface area contributed by atoms with Gasteiger partial charge in [-0.25, -0.2) is 4.79 Å². The van der Waals surface area contributed by atoms with Gasteiger partial charge in [0, 0.05) is 50.2 Å². The fourth-order valence-electron chi connectivity index (χ4n) is 4.74. The number of fused-ring (bicyclic) bond motifs is 1. The minimum absolute atomic E-state index is 0.0352. The van der Waals surface area contributed by atoms with Gasteiger partial charge in [0.1, 0.15) is 5.56 Å². The summed E-state index contributed by atoms with van der Waals surface area (Å²) in [6, 6.07) is 10.7. The molecule has 0 unspecified atom stereocenters. The van der Waals surface area contributed by atoms with Gasteiger partial charge in [-0.1, -0.05) is 34.8 Å². The molecule has 202 valence electrons. The zero-order valence-electron chi connectivity index (χ0n) is 22.1. The monoisotopic (exact) mass is 558 g/mol. The van der Waals surface area contributed by atoms with Gasteiger partial charge < -0.3 is 24.0 Å². The van der Waals surface area contributed by atoms with Gasteiger partial charge >= 0.3 is 5.97 Å². The minimum atomic E-state index is -0.635. The zero-order chi connectivity index (χ0) is 27.6. The first-order valence-corrected chi connectivity index (χ1v) is 13.4. The molecule has 1 fully saturated rings. The van der Waals surface area contributed by atoms with E-state index >= 15 is 0 Å². The number of hydrogen-bond donors (Lipinski definition) is 0. The van der Waals surface area contributed by atoms with Crippen molar-refractivity contribution >= 4 is 51.7 Å². The van der Waals surface area contributed by atoms with E-state index in [-0.39, 0.29) is 23.6 Å². The molecule has 4 rings (SSSR count). The zero-order valence-corrected chi connectivity index (χ0v) is 23.6. The third-order valence-electron chi connectivity index (χ3n) is 6.69. The smallest absolute Gasteiger partial charge is 0.345 e. The lowest BCUT2D eigenvalue weighted by Gasteiger charge is -2.37. The van der Waals surface area contributed by atoms with Gasteiger partial charge in [0.05, 0.1) is 27.9 Å². The summed E-state index contributed by atoms with van der Waals surface area (Å²) in [7, 11) is 3.88. The van der Waals surface area contributed by atoms with Crippen molar-refractivity contribution in [1.82, 2.24) is 14.4 Å². The summed E-state index contributed by atoms with van der Waals surface area (Å²) in [4.78, 5) is 45.9. The van der Waals surface area contributed by atoms with Crippen LogP contribution >= 0.6 is 23.2 Å². The number of carbonyl (C=O) groups is 2. The minimum Gasteiger partial charge on any atom is -0.462 e. The second-order valence-electron chi connectivity index (χ2n) is 9.63. The summed E-state index contributed by atoms with van der Waals surface area (Å²) in [6.45, 7) is 6.67. The number of aromatic nitrogens is 1. The molecule has 0 saturated carbocycles. The Hall–Kier alpha value is -3.07. The molecule has 10 heteroatoms. The Kier molecular flexibility index (Phi) is 8.65. The molecule has 0 aliphatic carbocycles. The van der Waals surface area contributed by atoms with Crippen LogP contribution in [-0.4, -0.2) is 79.7 Å². The highest BCUT2D eigenvalue weighted by atomic mass is 35.5. The summed E-state index contributed by atoms with van der Waals surface area (Å²) in [6.07, 6.45) is 0. The third kappa shape index (κ3) is 5.67. The number of anilines is 1. The molecule has 0 spiro atoms. The highest BCUT2D eigenvalue weighted by Crippen LogP contribution is 2.32. The number of ether oxygens (including phenoxy) is 1. The van der Waals surface area contributed by atoms with Crippen molar-refractivity contribution in [1.29, 1.82) is 0 Å². The van der Waals surface area contributed by atoms with E-state index < -0.39 is 5.97 Å². The molecule has 0 bridgehead atoms. The van der Waals surface area contributed by atoms with Crippen molar-refractivity contribution in [2.45, 2.75) is 20.4 Å². The molecule has 38 heavy (non-hydrogen) atoms. The summed E-state index contributed by atoms with van der Waals surface area (Å²) >= 11 is 12.1. The lowest BCUT2D eigenvalue weighted by molar-refractivity contribution is 0.0523. The molecule has 0 radical (unpaired) electrons. The molecule has 1 aliphatic rings. The maximum absolute atomic E-state index is 13.8. The van der Waals surface area contributed by atoms with Crippen molar-refractivity contribution in [2.24, 2.45) is 0 Å². The molecule has 0 N–H and O–H groups in total. The number of likely N-dealkylation sites (N-methyl/N-ethyl adjacent to an activating group) is 1. The van der Waals surface area contributed by atoms with Gasteiger partial charge in [-0.2, -0.15) is 0 Å². The summed E-state index contributed by atoms with van der Waals surface area (Å²) in [5, 5.41) is 1.53. The Morgan fingerprint density at radius 1 is 1.00 bits per heavy atom. The Morgan fingerprint density at radius 2 is 1.71 bits per heavy atom. The van der Waals surface area contributed by atoms with Crippen molar-refractivity contribution in [3.63, 3.8) is 0 Å². The molecule has 2 heterocycles. The van der Waals surface area contributed by atoms with E-state index in [1.807, 2.05) is 49.0 Å². The molecular weight excluding hydrogens is 527 g/mol. The number of aryl methyl sites for hydroxylation is 1. The van der Waals surface area contributed by atoms with Gasteiger partial charge in [0.25, 0.3) is 11.5 Å². The third-order valence-corrected chi connectivity index (χ3v) is 7.43. The number of carbonyl (C=O) groups excluding carboxylic acids is 2. The molecule has 2 aromatic carbocycles. The summed E-state index contributed by atoms with van der Waals surface area (Å²) in [5.74, 6) is -0.780. The summed E-state index contributed by atoms with van der Waals surface area (Å²) in [5.41, 5.74) is 2.47. The lowest BCUT2D eigenvalue weighted by Crippen LogP contribution is -2.50. The lowest BCUT2D eigenvalue weighted by atomic mass is 10.0. The predicted molar refractivity (Wildman–Crippen MR) is 152 cm³/mol. The van der Waals surface area contributed by atoms with Crippen LogP contribution in [0.15, 0.2) is 41.2 Å². The quantitative estimate of drug-likeness (QED) is 0.402. The van der Waals surface area contributed by atoms with Crippen LogP contribution < -0.4 is 10.5 Å². The molecule has 1 aromatic heterocycles. The highest BCUT2D eigenvalue weighted by Gasteiger charge is 2.30. The fourth-order valence-corrected chi connectivity index (χ4v) is 5.04. The number of pyridine rings is 1. The van der Waals surface area contributed by atoms with E-state index in [9.17, 15) is 14.4 Å². The van der Waals surface area contributed by atoms with Crippen molar-refractivity contribution < 1.29 is 14.3 Å². The summed E-state index contributed by atoms with van der Waals surface area (Å²) < 4.78 is 7.02. The van der Waals surface area contributed by atoms with E-state index in [2.05, 4.69) is 0 Å². The first kappa shape index (κ1) is 28.0. The van der Waals surface area contributed by atoms with Crippen LogP contribution in [0.2, 0.25) is 10.0 Å². The van der Waals surface area contributed by atoms with E-state index in [0.29, 0.717) is 60.6 Å². The molecule has 1 aliphatic heterocycles. The molecular formula is C28H32Cl2N4O4. The van der Waals surface area contributed by atoms with Crippen molar-refractivity contribution in [3.05, 3.63) is 73.5 Å². The van der Waals surface area contributed by atoms with E-state index in [1.165, 1.54) is 0 Å². The highest BCUT2D eigenvalue weighted by molar-refractivity contribution is 6.42. The van der Waals surface area contributed by atoms with Crippen LogP contribution in [-0.2, 0) is 11.3 Å². The van der Waals surface area contributed by atoms with Gasteiger partial charge in [-0.15, -0.1) is 0 Å². The normalized spacial score (nSPS) is 13.9. The SMILES string of the molecule is CCOC(=O)c1c(N2CCN(C(=O)c3ccc(Cl)c(Cl)c3)CC2)c2cc(C)ccc2n(CCN(C)C)c1=O. The maximum Gasteiger partial charge on any atom is 0.345 e. The molecule has 8 nitrogen and oxygen atoms in total. The Bertz CT molecular complexity index is 1430. The van der Waals surface area contributed by atoms with Crippen LogP contribution in [0, 0.1) is 6.92 Å². The number of esters is 1. The van der Waals surface area contributed by atoms with Crippen LogP contribution in [0.25, 0.3) is 10.9 Å². The Morgan fingerprint density at radius 3 is 2.34 bits per heavy atom. The average Bonchev–Trinajstić information content (AvgIpc) is 2.89. The first-order chi connectivity index (χ1) is 18.1. The number of benzene rings is 2. The molecule has 1 amide bonds. The Balaban J connectivity index is 1.74. The average molecular weight is 559 g/mol. The van der Waals surface area contributed by atoms with Crippen LogP contribution in [0.5, 0.6) is 0 Å². The molecule has 3 aromatic rings. The second kappa shape index (κ2) is 11.8. The molecule has 0 atom stereocenters. The number of halogens is 2.